The summed E-state index contributed by atoms with van der Waals surface area (Å²) >= 11 is 5.75. The van der Waals surface area contributed by atoms with Gasteiger partial charge in [0.1, 0.15) is 5.58 Å². The fraction of sp³-hybridized carbons (Fsp3) is 0. The van der Waals surface area contributed by atoms with Crippen molar-refractivity contribution in [1.29, 1.82) is 0 Å². The fourth-order valence-corrected chi connectivity index (χ4v) is 1.39. The van der Waals surface area contributed by atoms with Crippen molar-refractivity contribution in [2.24, 2.45) is 0 Å². The first-order valence-electron chi connectivity index (χ1n) is 3.71. The molecule has 66 valence electrons. The summed E-state index contributed by atoms with van der Waals surface area (Å²) < 4.78 is 5.09. The smallest absolute Gasteiger partial charge is 0.465 e. The summed E-state index contributed by atoms with van der Waals surface area (Å²) in [4.78, 5) is 0. The Morgan fingerprint density at radius 1 is 1.31 bits per heavy atom. The van der Waals surface area contributed by atoms with Crippen molar-refractivity contribution in [1.82, 2.24) is 0 Å². The predicted octanol–water partition coefficient (Wildman–Crippen LogP) is 0.766. The minimum absolute atomic E-state index is 0.331. The number of hydrogen-bond acceptors (Lipinski definition) is 3. The SMILES string of the molecule is OB(O)c1coc2ccc(Cl)cc12. The topological polar surface area (TPSA) is 53.6 Å². The van der Waals surface area contributed by atoms with Gasteiger partial charge >= 0.3 is 7.12 Å². The van der Waals surface area contributed by atoms with Crippen LogP contribution >= 0.6 is 11.6 Å². The minimum atomic E-state index is -1.53. The van der Waals surface area contributed by atoms with Gasteiger partial charge in [-0.2, -0.15) is 0 Å². The van der Waals surface area contributed by atoms with E-state index in [1.165, 1.54) is 6.26 Å². The summed E-state index contributed by atoms with van der Waals surface area (Å²) in [6.45, 7) is 0. The Balaban J connectivity index is 2.71. The maximum atomic E-state index is 8.95. The van der Waals surface area contributed by atoms with Crippen molar-refractivity contribution in [3.8, 4) is 0 Å². The standard InChI is InChI=1S/C8H6BClO3/c10-5-1-2-8-6(3-5)7(4-13-8)9(11)12/h1-4,11-12H. The van der Waals surface area contributed by atoms with E-state index in [4.69, 9.17) is 26.1 Å². The zero-order valence-electron chi connectivity index (χ0n) is 6.57. The Hall–Kier alpha value is -0.965. The van der Waals surface area contributed by atoms with E-state index < -0.39 is 7.12 Å². The maximum absolute atomic E-state index is 8.95. The fourth-order valence-electron chi connectivity index (χ4n) is 1.22. The van der Waals surface area contributed by atoms with E-state index in [-0.39, 0.29) is 0 Å². The third kappa shape index (κ3) is 1.44. The Morgan fingerprint density at radius 2 is 2.08 bits per heavy atom. The number of furan rings is 1. The van der Waals surface area contributed by atoms with E-state index in [9.17, 15) is 0 Å². The zero-order valence-corrected chi connectivity index (χ0v) is 7.32. The first-order valence-corrected chi connectivity index (χ1v) is 4.09. The lowest BCUT2D eigenvalue weighted by molar-refractivity contribution is 0.425. The molecule has 0 atom stereocenters. The van der Waals surface area contributed by atoms with Gasteiger partial charge in [-0.05, 0) is 18.2 Å². The maximum Gasteiger partial charge on any atom is 0.492 e. The molecule has 0 amide bonds. The van der Waals surface area contributed by atoms with Gasteiger partial charge in [0.05, 0.1) is 6.26 Å². The van der Waals surface area contributed by atoms with Gasteiger partial charge in [-0.15, -0.1) is 0 Å². The van der Waals surface area contributed by atoms with Crippen LogP contribution < -0.4 is 5.46 Å². The van der Waals surface area contributed by atoms with E-state index in [1.807, 2.05) is 0 Å². The van der Waals surface area contributed by atoms with Gasteiger partial charge < -0.3 is 14.5 Å². The van der Waals surface area contributed by atoms with Crippen LogP contribution in [-0.2, 0) is 0 Å². The molecule has 1 aromatic carbocycles. The second-order valence-electron chi connectivity index (χ2n) is 2.71. The molecule has 0 radical (unpaired) electrons. The van der Waals surface area contributed by atoms with Crippen LogP contribution in [0.3, 0.4) is 0 Å². The quantitative estimate of drug-likeness (QED) is 0.662. The predicted molar refractivity (Wildman–Crippen MR) is 51.0 cm³/mol. The molecule has 0 aliphatic carbocycles. The molecule has 2 aromatic rings. The van der Waals surface area contributed by atoms with E-state index in [0.717, 1.165) is 0 Å². The van der Waals surface area contributed by atoms with Crippen LogP contribution in [0.25, 0.3) is 11.0 Å². The van der Waals surface area contributed by atoms with Crippen LogP contribution in [0.2, 0.25) is 5.02 Å². The molecule has 5 heteroatoms. The third-order valence-electron chi connectivity index (χ3n) is 1.84. The summed E-state index contributed by atoms with van der Waals surface area (Å²) in [5.41, 5.74) is 0.921. The zero-order chi connectivity index (χ0) is 9.42. The molecule has 0 saturated carbocycles. The molecule has 0 saturated heterocycles. The second kappa shape index (κ2) is 3.07. The Kier molecular flexibility index (Phi) is 2.03. The Labute approximate surface area is 79.7 Å². The van der Waals surface area contributed by atoms with E-state index in [0.29, 0.717) is 21.5 Å². The number of hydrogen-bond donors (Lipinski definition) is 2. The first-order chi connectivity index (χ1) is 6.18. The molecule has 0 spiro atoms. The lowest BCUT2D eigenvalue weighted by atomic mass is 9.80. The highest BCUT2D eigenvalue weighted by Crippen LogP contribution is 2.18. The highest BCUT2D eigenvalue weighted by Gasteiger charge is 2.17. The van der Waals surface area contributed by atoms with E-state index >= 15 is 0 Å². The second-order valence-corrected chi connectivity index (χ2v) is 3.14. The van der Waals surface area contributed by atoms with Crippen molar-refractivity contribution in [2.45, 2.75) is 0 Å². The molecule has 1 aromatic heterocycles. The van der Waals surface area contributed by atoms with Crippen molar-refractivity contribution < 1.29 is 14.5 Å². The summed E-state index contributed by atoms with van der Waals surface area (Å²) in [5, 5.41) is 19.1. The summed E-state index contributed by atoms with van der Waals surface area (Å²) in [6.07, 6.45) is 1.31. The van der Waals surface area contributed by atoms with Crippen LogP contribution in [0.4, 0.5) is 0 Å². The number of rotatable bonds is 1. The van der Waals surface area contributed by atoms with Gasteiger partial charge in [0.2, 0.25) is 0 Å². The molecular weight excluding hydrogens is 190 g/mol. The molecule has 2 rings (SSSR count). The Bertz CT molecular complexity index is 438. The molecule has 0 aliphatic heterocycles. The average Bonchev–Trinajstić information content (AvgIpc) is 2.46. The van der Waals surface area contributed by atoms with Crippen molar-refractivity contribution >= 4 is 35.2 Å². The number of benzene rings is 1. The van der Waals surface area contributed by atoms with Crippen LogP contribution in [0, 0.1) is 0 Å². The highest BCUT2D eigenvalue weighted by atomic mass is 35.5. The van der Waals surface area contributed by atoms with Gasteiger partial charge in [-0.1, -0.05) is 11.6 Å². The average molecular weight is 196 g/mol. The lowest BCUT2D eigenvalue weighted by Gasteiger charge is -1.94. The Morgan fingerprint density at radius 3 is 2.77 bits per heavy atom. The van der Waals surface area contributed by atoms with Gasteiger partial charge in [0.25, 0.3) is 0 Å². The largest absolute Gasteiger partial charge is 0.492 e. The van der Waals surface area contributed by atoms with Crippen LogP contribution in [0.5, 0.6) is 0 Å². The molecule has 0 bridgehead atoms. The molecule has 3 nitrogen and oxygen atoms in total. The normalized spacial score (nSPS) is 10.7. The van der Waals surface area contributed by atoms with Crippen molar-refractivity contribution in [2.75, 3.05) is 0 Å². The third-order valence-corrected chi connectivity index (χ3v) is 2.08. The van der Waals surface area contributed by atoms with Gasteiger partial charge in [0.15, 0.2) is 0 Å². The van der Waals surface area contributed by atoms with Gasteiger partial charge in [0, 0.05) is 15.9 Å². The minimum Gasteiger partial charge on any atom is -0.465 e. The molecule has 13 heavy (non-hydrogen) atoms. The monoisotopic (exact) mass is 196 g/mol. The lowest BCUT2D eigenvalue weighted by Crippen LogP contribution is -2.28. The number of halogens is 1. The molecule has 2 N–H and O–H groups in total. The summed E-state index contributed by atoms with van der Waals surface area (Å²) in [6, 6.07) is 5.00. The summed E-state index contributed by atoms with van der Waals surface area (Å²) in [5.74, 6) is 0. The molecule has 0 fully saturated rings. The van der Waals surface area contributed by atoms with Crippen LogP contribution in [-0.4, -0.2) is 17.2 Å². The molecule has 0 unspecified atom stereocenters. The first kappa shape index (κ1) is 8.63. The van der Waals surface area contributed by atoms with Gasteiger partial charge in [-0.25, -0.2) is 0 Å². The molecule has 0 aliphatic rings. The van der Waals surface area contributed by atoms with Crippen molar-refractivity contribution in [3.05, 3.63) is 29.5 Å². The summed E-state index contributed by atoms with van der Waals surface area (Å²) in [7, 11) is -1.53. The van der Waals surface area contributed by atoms with Crippen LogP contribution in [0.1, 0.15) is 0 Å². The van der Waals surface area contributed by atoms with E-state index in [2.05, 4.69) is 0 Å². The molecular formula is C8H6BClO3. The van der Waals surface area contributed by atoms with Crippen LogP contribution in [0.15, 0.2) is 28.9 Å². The van der Waals surface area contributed by atoms with Crippen molar-refractivity contribution in [3.63, 3.8) is 0 Å². The van der Waals surface area contributed by atoms with Gasteiger partial charge in [-0.3, -0.25) is 0 Å². The molecule has 1 heterocycles. The highest BCUT2D eigenvalue weighted by molar-refractivity contribution is 6.62. The number of fused-ring (bicyclic) bond motifs is 1. The van der Waals surface area contributed by atoms with E-state index in [1.54, 1.807) is 18.2 Å².